The summed E-state index contributed by atoms with van der Waals surface area (Å²) in [5.41, 5.74) is 1.59. The van der Waals surface area contributed by atoms with E-state index in [4.69, 9.17) is 0 Å². The van der Waals surface area contributed by atoms with Crippen LogP contribution in [0.3, 0.4) is 0 Å². The third-order valence-corrected chi connectivity index (χ3v) is 5.09. The average Bonchev–Trinajstić information content (AvgIpc) is 2.60. The summed E-state index contributed by atoms with van der Waals surface area (Å²) in [7, 11) is 4.16. The van der Waals surface area contributed by atoms with Crippen molar-refractivity contribution in [1.29, 1.82) is 0 Å². The number of hydrogen-bond acceptors (Lipinski definition) is 2. The predicted octanol–water partition coefficient (Wildman–Crippen LogP) is 4.93. The summed E-state index contributed by atoms with van der Waals surface area (Å²) in [4.78, 5) is 15.8. The first-order valence-electron chi connectivity index (χ1n) is 9.18. The molecule has 0 unspecified atom stereocenters. The van der Waals surface area contributed by atoms with E-state index in [1.165, 1.54) is 0 Å². The van der Waals surface area contributed by atoms with E-state index in [9.17, 15) is 4.79 Å². The number of hydrogen-bond donors (Lipinski definition) is 0. The zero-order valence-electron chi connectivity index (χ0n) is 16.2. The SMILES string of the molecule is CC(C)CC(=O)C(C[C@H](C)N(C)C)(c1ccccc1)c1ccccc1. The van der Waals surface area contributed by atoms with Crippen molar-refractivity contribution in [2.75, 3.05) is 14.1 Å². The molecule has 0 aliphatic carbocycles. The van der Waals surface area contributed by atoms with E-state index < -0.39 is 5.41 Å². The van der Waals surface area contributed by atoms with Crippen LogP contribution in [-0.4, -0.2) is 30.8 Å². The number of carbonyl (C=O) groups is 1. The Balaban J connectivity index is 2.66. The maximum absolute atomic E-state index is 13.6. The predicted molar refractivity (Wildman–Crippen MR) is 106 cm³/mol. The van der Waals surface area contributed by atoms with E-state index in [1.807, 2.05) is 36.4 Å². The Morgan fingerprint density at radius 2 is 1.32 bits per heavy atom. The second kappa shape index (κ2) is 8.44. The van der Waals surface area contributed by atoms with Crippen LogP contribution in [-0.2, 0) is 10.2 Å². The molecular formula is C23H31NO. The Hall–Kier alpha value is -1.93. The number of benzene rings is 2. The topological polar surface area (TPSA) is 20.3 Å². The van der Waals surface area contributed by atoms with Crippen LogP contribution in [0.5, 0.6) is 0 Å². The molecule has 25 heavy (non-hydrogen) atoms. The van der Waals surface area contributed by atoms with Gasteiger partial charge in [0.1, 0.15) is 5.78 Å². The molecule has 0 N–H and O–H groups in total. The summed E-state index contributed by atoms with van der Waals surface area (Å²) >= 11 is 0. The lowest BCUT2D eigenvalue weighted by Gasteiger charge is -2.38. The van der Waals surface area contributed by atoms with E-state index in [2.05, 4.69) is 64.0 Å². The van der Waals surface area contributed by atoms with Crippen LogP contribution in [0.4, 0.5) is 0 Å². The van der Waals surface area contributed by atoms with Crippen LogP contribution in [0.2, 0.25) is 0 Å². The minimum absolute atomic E-state index is 0.288. The summed E-state index contributed by atoms with van der Waals surface area (Å²) < 4.78 is 0. The van der Waals surface area contributed by atoms with Crippen molar-refractivity contribution in [3.05, 3.63) is 71.8 Å². The lowest BCUT2D eigenvalue weighted by molar-refractivity contribution is -0.124. The van der Waals surface area contributed by atoms with Crippen molar-refractivity contribution >= 4 is 5.78 Å². The zero-order chi connectivity index (χ0) is 18.4. The third-order valence-electron chi connectivity index (χ3n) is 5.09. The summed E-state index contributed by atoms with van der Waals surface area (Å²) in [5, 5.41) is 0. The smallest absolute Gasteiger partial charge is 0.148 e. The normalized spacial score (nSPS) is 13.2. The molecule has 0 radical (unpaired) electrons. The highest BCUT2D eigenvalue weighted by Crippen LogP contribution is 2.40. The molecule has 0 aliphatic heterocycles. The van der Waals surface area contributed by atoms with Crippen LogP contribution in [0, 0.1) is 5.92 Å². The van der Waals surface area contributed by atoms with E-state index in [0.717, 1.165) is 17.5 Å². The fourth-order valence-electron chi connectivity index (χ4n) is 3.45. The van der Waals surface area contributed by atoms with Gasteiger partial charge < -0.3 is 4.90 Å². The Morgan fingerprint density at radius 3 is 1.68 bits per heavy atom. The summed E-state index contributed by atoms with van der Waals surface area (Å²) in [5.74, 6) is 0.655. The lowest BCUT2D eigenvalue weighted by Crippen LogP contribution is -2.43. The molecule has 0 saturated carbocycles. The summed E-state index contributed by atoms with van der Waals surface area (Å²) in [6.07, 6.45) is 1.36. The van der Waals surface area contributed by atoms with E-state index >= 15 is 0 Å². The summed E-state index contributed by atoms with van der Waals surface area (Å²) in [6, 6.07) is 20.9. The Labute approximate surface area is 152 Å². The van der Waals surface area contributed by atoms with Crippen LogP contribution >= 0.6 is 0 Å². The number of nitrogens with zero attached hydrogens (tertiary/aromatic N) is 1. The maximum atomic E-state index is 13.6. The Kier molecular flexibility index (Phi) is 6.55. The molecule has 134 valence electrons. The second-order valence-electron chi connectivity index (χ2n) is 7.68. The van der Waals surface area contributed by atoms with Crippen LogP contribution in [0.15, 0.2) is 60.7 Å². The number of rotatable bonds is 8. The summed E-state index contributed by atoms with van der Waals surface area (Å²) in [6.45, 7) is 6.44. The van der Waals surface area contributed by atoms with Crippen LogP contribution in [0.1, 0.15) is 44.7 Å². The molecule has 1 atom stereocenters. The second-order valence-corrected chi connectivity index (χ2v) is 7.68. The van der Waals surface area contributed by atoms with Gasteiger partial charge in [-0.25, -0.2) is 0 Å². The quantitative estimate of drug-likeness (QED) is 0.681. The van der Waals surface area contributed by atoms with Crippen LogP contribution in [0.25, 0.3) is 0 Å². The fourth-order valence-corrected chi connectivity index (χ4v) is 3.45. The molecule has 0 amide bonds. The fraction of sp³-hybridized carbons (Fsp3) is 0.435. The largest absolute Gasteiger partial charge is 0.307 e. The molecule has 0 bridgehead atoms. The highest BCUT2D eigenvalue weighted by molar-refractivity contribution is 5.94. The van der Waals surface area contributed by atoms with Gasteiger partial charge in [0.05, 0.1) is 5.41 Å². The molecule has 2 nitrogen and oxygen atoms in total. The highest BCUT2D eigenvalue weighted by Gasteiger charge is 2.42. The lowest BCUT2D eigenvalue weighted by atomic mass is 9.66. The van der Waals surface area contributed by atoms with Crippen molar-refractivity contribution in [3.8, 4) is 0 Å². The first kappa shape index (κ1) is 19.4. The van der Waals surface area contributed by atoms with Gasteiger partial charge in [0.25, 0.3) is 0 Å². The van der Waals surface area contributed by atoms with Gasteiger partial charge >= 0.3 is 0 Å². The van der Waals surface area contributed by atoms with Gasteiger partial charge in [-0.05, 0) is 44.5 Å². The van der Waals surface area contributed by atoms with Gasteiger partial charge in [0, 0.05) is 12.5 Å². The van der Waals surface area contributed by atoms with E-state index in [1.54, 1.807) is 0 Å². The number of Topliss-reactive ketones (excluding diaryl/α,β-unsaturated/α-hetero) is 1. The third kappa shape index (κ3) is 4.38. The minimum atomic E-state index is -0.601. The number of ketones is 1. The zero-order valence-corrected chi connectivity index (χ0v) is 16.2. The molecular weight excluding hydrogens is 306 g/mol. The number of carbonyl (C=O) groups excluding carboxylic acids is 1. The van der Waals surface area contributed by atoms with Crippen molar-refractivity contribution in [2.24, 2.45) is 5.92 Å². The van der Waals surface area contributed by atoms with Crippen molar-refractivity contribution in [2.45, 2.75) is 45.1 Å². The molecule has 2 heteroatoms. The van der Waals surface area contributed by atoms with Crippen LogP contribution < -0.4 is 0 Å². The van der Waals surface area contributed by atoms with Crippen molar-refractivity contribution < 1.29 is 4.79 Å². The van der Waals surface area contributed by atoms with Gasteiger partial charge in [0.2, 0.25) is 0 Å². The monoisotopic (exact) mass is 337 g/mol. The molecule has 0 aliphatic rings. The van der Waals surface area contributed by atoms with E-state index in [-0.39, 0.29) is 6.04 Å². The van der Waals surface area contributed by atoms with Gasteiger partial charge in [-0.1, -0.05) is 74.5 Å². The van der Waals surface area contributed by atoms with Crippen molar-refractivity contribution in [3.63, 3.8) is 0 Å². The first-order valence-corrected chi connectivity index (χ1v) is 9.18. The Morgan fingerprint density at radius 1 is 0.880 bits per heavy atom. The van der Waals surface area contributed by atoms with Crippen molar-refractivity contribution in [1.82, 2.24) is 4.90 Å². The molecule has 2 aromatic carbocycles. The molecule has 2 aromatic rings. The Bertz CT molecular complexity index is 622. The molecule has 0 saturated heterocycles. The van der Waals surface area contributed by atoms with Gasteiger partial charge in [-0.3, -0.25) is 4.79 Å². The van der Waals surface area contributed by atoms with Gasteiger partial charge in [0.15, 0.2) is 0 Å². The van der Waals surface area contributed by atoms with Gasteiger partial charge in [-0.2, -0.15) is 0 Å². The maximum Gasteiger partial charge on any atom is 0.148 e. The molecule has 0 spiro atoms. The molecule has 0 fully saturated rings. The minimum Gasteiger partial charge on any atom is -0.307 e. The standard InChI is InChI=1S/C23H31NO/c1-18(2)16-22(25)23(17-19(3)24(4)5,20-12-8-6-9-13-20)21-14-10-7-11-15-21/h6-15,18-19H,16-17H2,1-5H3/t19-/m0/s1. The molecule has 2 rings (SSSR count). The van der Waals surface area contributed by atoms with E-state index in [0.29, 0.717) is 18.1 Å². The molecule has 0 heterocycles. The van der Waals surface area contributed by atoms with Gasteiger partial charge in [-0.15, -0.1) is 0 Å². The first-order chi connectivity index (χ1) is 11.9. The molecule has 0 aromatic heterocycles. The highest BCUT2D eigenvalue weighted by atomic mass is 16.1. The average molecular weight is 338 g/mol.